The second kappa shape index (κ2) is 12.9. The van der Waals surface area contributed by atoms with Gasteiger partial charge in [0.1, 0.15) is 22.3 Å². The molecule has 0 radical (unpaired) electrons. The second-order valence-corrected chi connectivity index (χ2v) is 16.4. The summed E-state index contributed by atoms with van der Waals surface area (Å²) in [4.78, 5) is 15.2. The molecule has 0 fully saturated rings. The monoisotopic (exact) mass is 804 g/mol. The SMILES string of the molecule is c1ccc(-c2nc(-c3ccc4c(ccc5oc6cc(-n7c8cc9ccccc9cc8c8cc9ccccc9cc87)ccc6c54)c3)nc(-c3cccc4c3oc3ccccc34)n2)cc1. The molecule has 4 heterocycles. The average molecular weight is 805 g/mol. The molecule has 0 aliphatic heterocycles. The molecule has 14 rings (SSSR count). The zero-order valence-corrected chi connectivity index (χ0v) is 33.6. The number of benzene rings is 10. The minimum absolute atomic E-state index is 0.556. The first-order chi connectivity index (χ1) is 31.2. The van der Waals surface area contributed by atoms with Crippen LogP contribution in [0.4, 0.5) is 0 Å². The maximum absolute atomic E-state index is 6.71. The highest BCUT2D eigenvalue weighted by Crippen LogP contribution is 2.41. The summed E-state index contributed by atoms with van der Waals surface area (Å²) < 4.78 is 15.5. The van der Waals surface area contributed by atoms with E-state index in [1.54, 1.807) is 0 Å². The predicted octanol–water partition coefficient (Wildman–Crippen LogP) is 15.2. The van der Waals surface area contributed by atoms with Crippen molar-refractivity contribution in [3.8, 4) is 39.9 Å². The lowest BCUT2D eigenvalue weighted by Gasteiger charge is -2.10. The molecule has 0 atom stereocenters. The van der Waals surface area contributed by atoms with E-state index >= 15 is 0 Å². The Labute approximate surface area is 358 Å². The van der Waals surface area contributed by atoms with Crippen molar-refractivity contribution in [2.75, 3.05) is 0 Å². The van der Waals surface area contributed by atoms with Gasteiger partial charge < -0.3 is 13.4 Å². The van der Waals surface area contributed by atoms with Crippen molar-refractivity contribution in [2.45, 2.75) is 0 Å². The van der Waals surface area contributed by atoms with Gasteiger partial charge in [0.15, 0.2) is 17.5 Å². The number of para-hydroxylation sites is 2. The lowest BCUT2D eigenvalue weighted by atomic mass is 10.0. The normalized spacial score (nSPS) is 12.1. The van der Waals surface area contributed by atoms with Crippen LogP contribution < -0.4 is 0 Å². The first-order valence-corrected chi connectivity index (χ1v) is 21.2. The average Bonchev–Trinajstić information content (AvgIpc) is 4.01. The molecule has 14 aromatic rings. The third-order valence-electron chi connectivity index (χ3n) is 12.8. The highest BCUT2D eigenvalue weighted by Gasteiger charge is 2.20. The maximum Gasteiger partial charge on any atom is 0.167 e. The van der Waals surface area contributed by atoms with E-state index in [4.69, 9.17) is 23.8 Å². The molecule has 0 saturated heterocycles. The molecule has 10 aromatic carbocycles. The number of fused-ring (bicyclic) bond motifs is 13. The summed E-state index contributed by atoms with van der Waals surface area (Å²) >= 11 is 0. The number of hydrogen-bond acceptors (Lipinski definition) is 5. The van der Waals surface area contributed by atoms with Crippen molar-refractivity contribution in [3.63, 3.8) is 0 Å². The van der Waals surface area contributed by atoms with E-state index in [1.807, 2.05) is 60.7 Å². The van der Waals surface area contributed by atoms with E-state index in [0.717, 1.165) is 77.0 Å². The molecule has 0 aliphatic rings. The summed E-state index contributed by atoms with van der Waals surface area (Å²) in [5, 5.41) is 13.7. The van der Waals surface area contributed by atoms with E-state index in [9.17, 15) is 0 Å². The molecule has 4 aromatic heterocycles. The molecule has 0 spiro atoms. The van der Waals surface area contributed by atoms with E-state index < -0.39 is 0 Å². The highest BCUT2D eigenvalue weighted by atomic mass is 16.3. The molecule has 0 unspecified atom stereocenters. The smallest absolute Gasteiger partial charge is 0.167 e. The molecule has 6 heteroatoms. The molecular weight excluding hydrogens is 773 g/mol. The molecule has 292 valence electrons. The van der Waals surface area contributed by atoms with Gasteiger partial charge in [-0.05, 0) is 93.0 Å². The van der Waals surface area contributed by atoms with Gasteiger partial charge in [0.2, 0.25) is 0 Å². The van der Waals surface area contributed by atoms with Gasteiger partial charge in [-0.15, -0.1) is 0 Å². The van der Waals surface area contributed by atoms with E-state index in [1.165, 1.54) is 43.4 Å². The summed E-state index contributed by atoms with van der Waals surface area (Å²) in [6.07, 6.45) is 0. The van der Waals surface area contributed by atoms with Crippen molar-refractivity contribution in [3.05, 3.63) is 194 Å². The molecule has 6 nitrogen and oxygen atoms in total. The lowest BCUT2D eigenvalue weighted by Crippen LogP contribution is -2.00. The van der Waals surface area contributed by atoms with Gasteiger partial charge in [0, 0.05) is 55.2 Å². The van der Waals surface area contributed by atoms with Crippen LogP contribution in [0.25, 0.3) is 138 Å². The standard InChI is InChI=1S/C57H32N4O2/c1-2-11-33(12-3-1)55-58-56(60-57(59-55)45-19-10-18-43-42-17-8-9-20-50(42)63-54(43)45)39-21-24-41-38(27-39)22-26-51-53(41)44-25-23-40(32-52(44)62-51)61-48-30-36-15-6-4-13-34(36)28-46(48)47-29-35-14-5-7-16-37(35)31-49(47)61/h1-32H. The third kappa shape index (κ3) is 5.15. The molecule has 0 bridgehead atoms. The van der Waals surface area contributed by atoms with E-state index in [0.29, 0.717) is 17.5 Å². The number of furan rings is 2. The Hall–Kier alpha value is -8.61. The Morgan fingerprint density at radius 1 is 0.333 bits per heavy atom. The quantitative estimate of drug-likeness (QED) is 0.177. The lowest BCUT2D eigenvalue weighted by molar-refractivity contribution is 0.668. The fraction of sp³-hybridized carbons (Fsp3) is 0. The number of rotatable bonds is 4. The number of hydrogen-bond donors (Lipinski definition) is 0. The molecular formula is C57H32N4O2. The Bertz CT molecular complexity index is 4120. The Kier molecular flexibility index (Phi) is 7.02. The Balaban J connectivity index is 0.928. The van der Waals surface area contributed by atoms with Crippen LogP contribution in [-0.2, 0) is 0 Å². The summed E-state index contributed by atoms with van der Waals surface area (Å²) in [5.74, 6) is 1.74. The van der Waals surface area contributed by atoms with E-state index in [2.05, 4.69) is 138 Å². The fourth-order valence-corrected chi connectivity index (χ4v) is 9.80. The molecule has 0 amide bonds. The highest BCUT2D eigenvalue weighted by molar-refractivity contribution is 6.20. The van der Waals surface area contributed by atoms with Crippen molar-refractivity contribution < 1.29 is 8.83 Å². The van der Waals surface area contributed by atoms with Crippen molar-refractivity contribution in [1.82, 2.24) is 19.5 Å². The first kappa shape index (κ1) is 34.1. The van der Waals surface area contributed by atoms with E-state index in [-0.39, 0.29) is 0 Å². The fourth-order valence-electron chi connectivity index (χ4n) is 9.80. The van der Waals surface area contributed by atoms with Gasteiger partial charge in [-0.3, -0.25) is 0 Å². The van der Waals surface area contributed by atoms with Crippen LogP contribution in [0.1, 0.15) is 0 Å². The van der Waals surface area contributed by atoms with Crippen molar-refractivity contribution >= 4 is 98.0 Å². The molecule has 0 N–H and O–H groups in total. The number of nitrogens with zero attached hydrogens (tertiary/aromatic N) is 4. The minimum atomic E-state index is 0.556. The second-order valence-electron chi connectivity index (χ2n) is 16.4. The zero-order valence-electron chi connectivity index (χ0n) is 33.6. The van der Waals surface area contributed by atoms with Gasteiger partial charge >= 0.3 is 0 Å². The Morgan fingerprint density at radius 3 is 1.73 bits per heavy atom. The summed E-state index contributed by atoms with van der Waals surface area (Å²) in [6, 6.07) is 68.1. The summed E-state index contributed by atoms with van der Waals surface area (Å²) in [5.41, 5.74) is 9.27. The predicted molar refractivity (Wildman–Crippen MR) is 258 cm³/mol. The van der Waals surface area contributed by atoms with Crippen LogP contribution in [0, 0.1) is 0 Å². The van der Waals surface area contributed by atoms with Gasteiger partial charge in [0.05, 0.1) is 16.6 Å². The molecule has 0 aliphatic carbocycles. The van der Waals surface area contributed by atoms with Crippen LogP contribution in [0.3, 0.4) is 0 Å². The van der Waals surface area contributed by atoms with Gasteiger partial charge in [-0.1, -0.05) is 127 Å². The number of aromatic nitrogens is 4. The van der Waals surface area contributed by atoms with Gasteiger partial charge in [0.25, 0.3) is 0 Å². The van der Waals surface area contributed by atoms with Gasteiger partial charge in [-0.2, -0.15) is 0 Å². The molecule has 63 heavy (non-hydrogen) atoms. The minimum Gasteiger partial charge on any atom is -0.456 e. The summed E-state index contributed by atoms with van der Waals surface area (Å²) in [7, 11) is 0. The van der Waals surface area contributed by atoms with Crippen molar-refractivity contribution in [1.29, 1.82) is 0 Å². The van der Waals surface area contributed by atoms with Crippen LogP contribution in [0.5, 0.6) is 0 Å². The van der Waals surface area contributed by atoms with Gasteiger partial charge in [-0.25, -0.2) is 15.0 Å². The maximum atomic E-state index is 6.71. The summed E-state index contributed by atoms with van der Waals surface area (Å²) in [6.45, 7) is 0. The van der Waals surface area contributed by atoms with Crippen molar-refractivity contribution in [2.24, 2.45) is 0 Å². The topological polar surface area (TPSA) is 69.9 Å². The Morgan fingerprint density at radius 2 is 0.968 bits per heavy atom. The zero-order chi connectivity index (χ0) is 41.2. The van der Waals surface area contributed by atoms with Crippen LogP contribution >= 0.6 is 0 Å². The largest absolute Gasteiger partial charge is 0.456 e. The van der Waals surface area contributed by atoms with Crippen LogP contribution in [-0.4, -0.2) is 19.5 Å². The first-order valence-electron chi connectivity index (χ1n) is 21.2. The third-order valence-corrected chi connectivity index (χ3v) is 12.8. The molecule has 0 saturated carbocycles. The van der Waals surface area contributed by atoms with Crippen LogP contribution in [0.15, 0.2) is 203 Å². The van der Waals surface area contributed by atoms with Crippen LogP contribution in [0.2, 0.25) is 0 Å².